The molecule has 2 aromatic carbocycles. The van der Waals surface area contributed by atoms with Crippen molar-refractivity contribution in [3.8, 4) is 5.75 Å². The fraction of sp³-hybridized carbons (Fsp3) is 0.350. The third kappa shape index (κ3) is 3.99. The Balaban J connectivity index is 1.36. The molecule has 4 rings (SSSR count). The second kappa shape index (κ2) is 7.10. The second-order valence-corrected chi connectivity index (χ2v) is 8.09. The Morgan fingerprint density at radius 1 is 1.04 bits per heavy atom. The van der Waals surface area contributed by atoms with Gasteiger partial charge in [-0.05, 0) is 73.8 Å². The number of fused-ring (bicyclic) bond motifs is 2. The minimum atomic E-state index is 0.0219. The van der Waals surface area contributed by atoms with Gasteiger partial charge in [0.15, 0.2) is 0 Å². The van der Waals surface area contributed by atoms with Gasteiger partial charge >= 0.3 is 0 Å². The largest absolute Gasteiger partial charge is 0.508 e. The summed E-state index contributed by atoms with van der Waals surface area (Å²) in [5, 5.41) is 12.5. The highest BCUT2D eigenvalue weighted by Gasteiger charge is 2.32. The first-order chi connectivity index (χ1) is 12.2. The average Bonchev–Trinajstić information content (AvgIpc) is 2.96. The van der Waals surface area contributed by atoms with Crippen molar-refractivity contribution in [1.29, 1.82) is 0 Å². The summed E-state index contributed by atoms with van der Waals surface area (Å²) in [5.41, 5.74) is 0.711. The first-order valence-corrected chi connectivity index (χ1v) is 9.57. The number of phenols is 1. The molecule has 3 atom stereocenters. The maximum atomic E-state index is 12.5. The monoisotopic (exact) mass is 354 g/mol. The minimum Gasteiger partial charge on any atom is -0.508 e. The summed E-state index contributed by atoms with van der Waals surface area (Å²) in [6, 6.07) is 15.1. The first kappa shape index (κ1) is 16.5. The van der Waals surface area contributed by atoms with E-state index in [2.05, 4.69) is 10.2 Å². The van der Waals surface area contributed by atoms with Crippen LogP contribution in [0.3, 0.4) is 0 Å². The minimum absolute atomic E-state index is 0.0219. The predicted octanol–water partition coefficient (Wildman–Crippen LogP) is 3.37. The zero-order valence-electron chi connectivity index (χ0n) is 14.0. The molecule has 2 aliphatic rings. The van der Waals surface area contributed by atoms with Crippen molar-refractivity contribution < 1.29 is 9.90 Å². The lowest BCUT2D eigenvalue weighted by atomic mass is 9.96. The van der Waals surface area contributed by atoms with E-state index in [1.54, 1.807) is 23.9 Å². The molecule has 2 saturated heterocycles. The van der Waals surface area contributed by atoms with E-state index in [1.165, 1.54) is 19.5 Å². The number of phenolic OH excluding ortho intramolecular Hbond substituents is 1. The molecule has 2 heterocycles. The van der Waals surface area contributed by atoms with Crippen LogP contribution >= 0.6 is 11.8 Å². The van der Waals surface area contributed by atoms with Crippen LogP contribution in [-0.4, -0.2) is 41.6 Å². The summed E-state index contributed by atoms with van der Waals surface area (Å²) in [4.78, 5) is 17.1. The van der Waals surface area contributed by atoms with Crippen LogP contribution in [-0.2, 0) is 0 Å². The van der Waals surface area contributed by atoms with Crippen LogP contribution < -0.4 is 5.32 Å². The van der Waals surface area contributed by atoms with E-state index in [0.29, 0.717) is 5.56 Å². The van der Waals surface area contributed by atoms with Gasteiger partial charge in [-0.25, -0.2) is 0 Å². The molecule has 2 aromatic rings. The number of aromatic hydroxyl groups is 1. The average molecular weight is 354 g/mol. The molecule has 0 radical (unpaired) electrons. The lowest BCUT2D eigenvalue weighted by Gasteiger charge is -2.30. The van der Waals surface area contributed by atoms with E-state index in [-0.39, 0.29) is 17.7 Å². The zero-order chi connectivity index (χ0) is 17.2. The first-order valence-electron chi connectivity index (χ1n) is 8.76. The predicted molar refractivity (Wildman–Crippen MR) is 99.1 cm³/mol. The van der Waals surface area contributed by atoms with Gasteiger partial charge in [0.1, 0.15) is 5.75 Å². The molecule has 2 bridgehead atoms. The van der Waals surface area contributed by atoms with Gasteiger partial charge in [-0.2, -0.15) is 0 Å². The van der Waals surface area contributed by atoms with Gasteiger partial charge < -0.3 is 15.3 Å². The topological polar surface area (TPSA) is 52.6 Å². The summed E-state index contributed by atoms with van der Waals surface area (Å²) < 4.78 is 0. The van der Waals surface area contributed by atoms with Gasteiger partial charge in [-0.3, -0.25) is 4.79 Å². The maximum absolute atomic E-state index is 12.5. The van der Waals surface area contributed by atoms with Crippen LogP contribution in [0.1, 0.15) is 23.2 Å². The molecule has 0 spiro atoms. The molecular formula is C20H22N2O2S. The molecule has 2 fully saturated rings. The van der Waals surface area contributed by atoms with Crippen molar-refractivity contribution >= 4 is 17.7 Å². The molecule has 2 aliphatic heterocycles. The lowest BCUT2D eigenvalue weighted by Crippen LogP contribution is -2.47. The third-order valence-corrected chi connectivity index (χ3v) is 6.01. The van der Waals surface area contributed by atoms with E-state index >= 15 is 0 Å². The number of nitrogens with zero attached hydrogens (tertiary/aromatic N) is 1. The molecule has 1 amide bonds. The van der Waals surface area contributed by atoms with Crippen LogP contribution in [0, 0.1) is 5.92 Å². The summed E-state index contributed by atoms with van der Waals surface area (Å²) in [7, 11) is 0. The lowest BCUT2D eigenvalue weighted by molar-refractivity contribution is 0.0909. The highest BCUT2D eigenvalue weighted by Crippen LogP contribution is 2.29. The Bertz CT molecular complexity index is 733. The van der Waals surface area contributed by atoms with Crippen LogP contribution in [0.15, 0.2) is 58.3 Å². The van der Waals surface area contributed by atoms with Gasteiger partial charge in [-0.15, -0.1) is 0 Å². The van der Waals surface area contributed by atoms with E-state index in [9.17, 15) is 9.90 Å². The second-order valence-electron chi connectivity index (χ2n) is 6.94. The molecule has 0 aromatic heterocycles. The normalized spacial score (nSPS) is 24.9. The van der Waals surface area contributed by atoms with Crippen molar-refractivity contribution in [2.45, 2.75) is 28.7 Å². The highest BCUT2D eigenvalue weighted by atomic mass is 32.2. The fourth-order valence-electron chi connectivity index (χ4n) is 3.76. The number of piperidine rings is 1. The number of amides is 1. The summed E-state index contributed by atoms with van der Waals surface area (Å²) in [6.45, 7) is 3.37. The van der Waals surface area contributed by atoms with E-state index in [0.717, 1.165) is 28.7 Å². The van der Waals surface area contributed by atoms with Crippen molar-refractivity contribution in [1.82, 2.24) is 10.2 Å². The molecular weight excluding hydrogens is 332 g/mol. The van der Waals surface area contributed by atoms with Gasteiger partial charge in [-0.1, -0.05) is 11.8 Å². The number of rotatable bonds is 4. The van der Waals surface area contributed by atoms with Crippen molar-refractivity contribution in [2.75, 3.05) is 19.6 Å². The number of carbonyl (C=O) groups is 1. The Morgan fingerprint density at radius 2 is 1.72 bits per heavy atom. The Labute approximate surface area is 152 Å². The highest BCUT2D eigenvalue weighted by molar-refractivity contribution is 7.99. The Morgan fingerprint density at radius 3 is 2.40 bits per heavy atom. The fourth-order valence-corrected chi connectivity index (χ4v) is 4.57. The standard InChI is InChI=1S/C20H22N2O2S/c23-17-3-7-19(8-4-17)25-18-5-1-15(2-6-18)20(24)21-16-11-14-9-10-22(12-14)13-16/h1-8,14,16,23H,9-13H2,(H,21,24). The zero-order valence-corrected chi connectivity index (χ0v) is 14.8. The van der Waals surface area contributed by atoms with Crippen LogP contribution in [0.5, 0.6) is 5.75 Å². The molecule has 5 heteroatoms. The van der Waals surface area contributed by atoms with Crippen molar-refractivity contribution in [3.63, 3.8) is 0 Å². The molecule has 0 saturated carbocycles. The number of benzene rings is 2. The van der Waals surface area contributed by atoms with Gasteiger partial charge in [0, 0.05) is 34.5 Å². The quantitative estimate of drug-likeness (QED) is 0.884. The molecule has 3 unspecified atom stereocenters. The number of carbonyl (C=O) groups excluding carboxylic acids is 1. The maximum Gasteiger partial charge on any atom is 0.251 e. The van der Waals surface area contributed by atoms with Crippen molar-refractivity contribution in [2.24, 2.45) is 5.92 Å². The smallest absolute Gasteiger partial charge is 0.251 e. The van der Waals surface area contributed by atoms with Gasteiger partial charge in [0.25, 0.3) is 5.91 Å². The van der Waals surface area contributed by atoms with Crippen LogP contribution in [0.2, 0.25) is 0 Å². The number of hydrogen-bond donors (Lipinski definition) is 2. The SMILES string of the molecule is O=C(NC1CC2CCN(C2)C1)c1ccc(Sc2ccc(O)cc2)cc1. The van der Waals surface area contributed by atoms with E-state index in [4.69, 9.17) is 0 Å². The molecule has 2 N–H and O–H groups in total. The summed E-state index contributed by atoms with van der Waals surface area (Å²) in [5.74, 6) is 1.04. The molecule has 0 aliphatic carbocycles. The Kier molecular flexibility index (Phi) is 4.68. The Hall–Kier alpha value is -1.98. The van der Waals surface area contributed by atoms with E-state index in [1.807, 2.05) is 36.4 Å². The van der Waals surface area contributed by atoms with E-state index < -0.39 is 0 Å². The summed E-state index contributed by atoms with van der Waals surface area (Å²) in [6.07, 6.45) is 2.38. The van der Waals surface area contributed by atoms with Crippen LogP contribution in [0.25, 0.3) is 0 Å². The number of hydrogen-bond acceptors (Lipinski definition) is 4. The number of nitrogens with one attached hydrogen (secondary N) is 1. The van der Waals surface area contributed by atoms with Gasteiger partial charge in [0.05, 0.1) is 0 Å². The third-order valence-electron chi connectivity index (χ3n) is 4.99. The van der Waals surface area contributed by atoms with Crippen LogP contribution in [0.4, 0.5) is 0 Å². The van der Waals surface area contributed by atoms with Gasteiger partial charge in [0.2, 0.25) is 0 Å². The van der Waals surface area contributed by atoms with Crippen molar-refractivity contribution in [3.05, 3.63) is 54.1 Å². The summed E-state index contributed by atoms with van der Waals surface area (Å²) >= 11 is 1.61. The molecule has 25 heavy (non-hydrogen) atoms. The molecule has 4 nitrogen and oxygen atoms in total. The molecule has 130 valence electrons.